The smallest absolute Gasteiger partial charge is 0.210 e. The second-order valence-electron chi connectivity index (χ2n) is 7.87. The lowest BCUT2D eigenvalue weighted by Crippen LogP contribution is -2.32. The van der Waals surface area contributed by atoms with E-state index in [1.54, 1.807) is 0 Å². The van der Waals surface area contributed by atoms with Gasteiger partial charge in [0.15, 0.2) is 0 Å². The van der Waals surface area contributed by atoms with E-state index in [9.17, 15) is 0 Å². The van der Waals surface area contributed by atoms with Crippen LogP contribution in [0, 0.1) is 0 Å². The Morgan fingerprint density at radius 2 is 1.41 bits per heavy atom. The van der Waals surface area contributed by atoms with Gasteiger partial charge in [-0.25, -0.2) is 0 Å². The van der Waals surface area contributed by atoms with Gasteiger partial charge in [-0.1, -0.05) is 74.5 Å². The fraction of sp³-hybridized carbons (Fsp3) is 0.333. The molecule has 2 nitrogen and oxygen atoms in total. The molecule has 0 heterocycles. The quantitative estimate of drug-likeness (QED) is 0.422. The summed E-state index contributed by atoms with van der Waals surface area (Å²) in [6.45, 7) is 7.12. The van der Waals surface area contributed by atoms with Crippen molar-refractivity contribution in [1.29, 1.82) is 0 Å². The molecule has 2 heteroatoms. The first kappa shape index (κ1) is 19.7. The van der Waals surface area contributed by atoms with E-state index in [0.29, 0.717) is 12.5 Å². The molecule has 0 saturated carbocycles. The van der Waals surface area contributed by atoms with Crippen molar-refractivity contribution in [3.05, 3.63) is 101 Å². The number of hydrogen-bond acceptors (Lipinski definition) is 2. The monoisotopic (exact) mass is 386 g/mol. The molecule has 0 N–H and O–H groups in total. The Kier molecular flexibility index (Phi) is 6.01. The molecule has 0 bridgehead atoms. The topological polar surface area (TPSA) is 18.5 Å². The zero-order valence-corrected chi connectivity index (χ0v) is 17.6. The molecule has 0 fully saturated rings. The second kappa shape index (κ2) is 8.84. The Balaban J connectivity index is 1.68. The van der Waals surface area contributed by atoms with Gasteiger partial charge in [0.05, 0.1) is 5.92 Å². The van der Waals surface area contributed by atoms with Crippen molar-refractivity contribution < 1.29 is 9.47 Å². The summed E-state index contributed by atoms with van der Waals surface area (Å²) in [5.41, 5.74) is 6.68. The van der Waals surface area contributed by atoms with Gasteiger partial charge in [0.25, 0.3) is 0 Å². The van der Waals surface area contributed by atoms with Crippen LogP contribution in [0.25, 0.3) is 0 Å². The predicted octanol–water partition coefficient (Wildman–Crippen LogP) is 6.68. The molecule has 0 aliphatic heterocycles. The zero-order valence-electron chi connectivity index (χ0n) is 17.6. The first-order valence-corrected chi connectivity index (χ1v) is 10.7. The maximum absolute atomic E-state index is 6.45. The highest BCUT2D eigenvalue weighted by Gasteiger charge is 2.33. The van der Waals surface area contributed by atoms with Crippen molar-refractivity contribution in [2.75, 3.05) is 6.61 Å². The van der Waals surface area contributed by atoms with Gasteiger partial charge in [0.2, 0.25) is 6.29 Å². The van der Waals surface area contributed by atoms with E-state index < -0.39 is 0 Å². The van der Waals surface area contributed by atoms with Crippen LogP contribution in [-0.4, -0.2) is 12.9 Å². The SMILES string of the molecule is CCOC(Oc1ccc(C(C)CC)cc1)C1c2ccccc2Cc2ccccc21. The van der Waals surface area contributed by atoms with Gasteiger partial charge in [-0.05, 0) is 65.6 Å². The third kappa shape index (κ3) is 4.09. The average Bonchev–Trinajstić information content (AvgIpc) is 2.77. The molecule has 2 unspecified atom stereocenters. The molecule has 4 rings (SSSR count). The van der Waals surface area contributed by atoms with Crippen LogP contribution < -0.4 is 4.74 Å². The lowest BCUT2D eigenvalue weighted by atomic mass is 9.77. The van der Waals surface area contributed by atoms with Gasteiger partial charge in [-0.3, -0.25) is 0 Å². The number of hydrogen-bond donors (Lipinski definition) is 0. The van der Waals surface area contributed by atoms with Gasteiger partial charge in [0.1, 0.15) is 5.75 Å². The van der Waals surface area contributed by atoms with E-state index in [4.69, 9.17) is 9.47 Å². The Hall–Kier alpha value is -2.58. The van der Waals surface area contributed by atoms with Crippen LogP contribution in [0.3, 0.4) is 0 Å². The van der Waals surface area contributed by atoms with Gasteiger partial charge in [0, 0.05) is 6.61 Å². The molecule has 0 saturated heterocycles. The van der Waals surface area contributed by atoms with Gasteiger partial charge in [-0.15, -0.1) is 0 Å². The Morgan fingerprint density at radius 3 is 1.97 bits per heavy atom. The summed E-state index contributed by atoms with van der Waals surface area (Å²) in [4.78, 5) is 0. The summed E-state index contributed by atoms with van der Waals surface area (Å²) >= 11 is 0. The van der Waals surface area contributed by atoms with Crippen LogP contribution >= 0.6 is 0 Å². The summed E-state index contributed by atoms with van der Waals surface area (Å²) in [6, 6.07) is 25.9. The number of rotatable bonds is 7. The van der Waals surface area contributed by atoms with Gasteiger partial charge in [-0.2, -0.15) is 0 Å². The minimum Gasteiger partial charge on any atom is -0.464 e. The van der Waals surface area contributed by atoms with Crippen molar-refractivity contribution >= 4 is 0 Å². The highest BCUT2D eigenvalue weighted by Crippen LogP contribution is 2.40. The highest BCUT2D eigenvalue weighted by molar-refractivity contribution is 5.49. The number of ether oxygens (including phenoxy) is 2. The van der Waals surface area contributed by atoms with Crippen molar-refractivity contribution in [3.63, 3.8) is 0 Å². The minimum atomic E-state index is -0.364. The maximum Gasteiger partial charge on any atom is 0.210 e. The second-order valence-corrected chi connectivity index (χ2v) is 7.87. The first-order valence-electron chi connectivity index (χ1n) is 10.7. The Labute approximate surface area is 174 Å². The molecule has 1 aliphatic carbocycles. The summed E-state index contributed by atoms with van der Waals surface area (Å²) < 4.78 is 12.6. The molecular formula is C27H30O2. The molecule has 29 heavy (non-hydrogen) atoms. The molecule has 3 aromatic carbocycles. The van der Waals surface area contributed by atoms with Crippen LogP contribution in [0.5, 0.6) is 5.75 Å². The molecule has 0 radical (unpaired) electrons. The van der Waals surface area contributed by atoms with Crippen LogP contribution in [0.15, 0.2) is 72.8 Å². The minimum absolute atomic E-state index is 0.0605. The van der Waals surface area contributed by atoms with Gasteiger partial charge < -0.3 is 9.47 Å². The average molecular weight is 387 g/mol. The first-order chi connectivity index (χ1) is 14.2. The third-order valence-corrected chi connectivity index (χ3v) is 6.08. The fourth-order valence-corrected chi connectivity index (χ4v) is 4.27. The zero-order chi connectivity index (χ0) is 20.2. The van der Waals surface area contributed by atoms with E-state index in [1.165, 1.54) is 27.8 Å². The molecule has 150 valence electrons. The van der Waals surface area contributed by atoms with Crippen molar-refractivity contribution in [2.24, 2.45) is 0 Å². The third-order valence-electron chi connectivity index (χ3n) is 6.08. The molecule has 0 spiro atoms. The predicted molar refractivity (Wildman–Crippen MR) is 119 cm³/mol. The maximum atomic E-state index is 6.45. The van der Waals surface area contributed by atoms with Crippen LogP contribution in [-0.2, 0) is 11.2 Å². The standard InChI is InChI=1S/C27H30O2/c1-4-19(3)20-14-16-23(17-15-20)29-27(28-5-2)26-24-12-8-6-10-21(24)18-22-11-7-9-13-25(22)26/h6-17,19,26-27H,4-5,18H2,1-3H3. The summed E-state index contributed by atoms with van der Waals surface area (Å²) in [6.07, 6.45) is 1.74. The lowest BCUT2D eigenvalue weighted by Gasteiger charge is -2.34. The molecule has 0 amide bonds. The van der Waals surface area contributed by atoms with Crippen molar-refractivity contribution in [3.8, 4) is 5.75 Å². The van der Waals surface area contributed by atoms with Crippen LogP contribution in [0.2, 0.25) is 0 Å². The Bertz CT molecular complexity index is 899. The van der Waals surface area contributed by atoms with Gasteiger partial charge >= 0.3 is 0 Å². The van der Waals surface area contributed by atoms with Crippen LogP contribution in [0.1, 0.15) is 66.8 Å². The number of benzene rings is 3. The van der Waals surface area contributed by atoms with Crippen molar-refractivity contribution in [2.45, 2.75) is 51.7 Å². The van der Waals surface area contributed by atoms with E-state index >= 15 is 0 Å². The lowest BCUT2D eigenvalue weighted by molar-refractivity contribution is -0.0853. The van der Waals surface area contributed by atoms with E-state index in [0.717, 1.165) is 18.6 Å². The fourth-order valence-electron chi connectivity index (χ4n) is 4.27. The summed E-state index contributed by atoms with van der Waals surface area (Å²) in [5.74, 6) is 1.48. The molecule has 2 atom stereocenters. The van der Waals surface area contributed by atoms with E-state index in [1.807, 2.05) is 6.92 Å². The summed E-state index contributed by atoms with van der Waals surface area (Å²) in [5, 5.41) is 0. The largest absolute Gasteiger partial charge is 0.464 e. The highest BCUT2D eigenvalue weighted by atomic mass is 16.7. The van der Waals surface area contributed by atoms with E-state index in [2.05, 4.69) is 86.6 Å². The normalized spacial score (nSPS) is 15.3. The number of fused-ring (bicyclic) bond motifs is 2. The molecule has 0 aromatic heterocycles. The summed E-state index contributed by atoms with van der Waals surface area (Å²) in [7, 11) is 0. The van der Waals surface area contributed by atoms with E-state index in [-0.39, 0.29) is 12.2 Å². The van der Waals surface area contributed by atoms with Crippen LogP contribution in [0.4, 0.5) is 0 Å². The molecular weight excluding hydrogens is 356 g/mol. The molecule has 1 aliphatic rings. The Morgan fingerprint density at radius 1 is 0.828 bits per heavy atom. The van der Waals surface area contributed by atoms with Crippen molar-refractivity contribution in [1.82, 2.24) is 0 Å². The molecule has 3 aromatic rings.